The first-order valence-corrected chi connectivity index (χ1v) is 11.2. The monoisotopic (exact) mass is 445 g/mol. The van der Waals surface area contributed by atoms with Gasteiger partial charge in [0, 0.05) is 29.7 Å². The fraction of sp³-hybridized carbons (Fsp3) is 0.250. The van der Waals surface area contributed by atoms with Crippen LogP contribution < -0.4 is 5.73 Å². The lowest BCUT2D eigenvalue weighted by Gasteiger charge is -2.12. The van der Waals surface area contributed by atoms with Crippen LogP contribution >= 0.6 is 11.3 Å². The Morgan fingerprint density at radius 3 is 2.59 bits per heavy atom. The second-order valence-electron chi connectivity index (χ2n) is 8.96. The molecule has 5 aromatic rings. The van der Waals surface area contributed by atoms with Crippen LogP contribution in [0.25, 0.3) is 26.6 Å². The summed E-state index contributed by atoms with van der Waals surface area (Å²) in [5.41, 5.74) is 10.2. The molecule has 0 aliphatic carbocycles. The van der Waals surface area contributed by atoms with Crippen molar-refractivity contribution in [1.82, 2.24) is 19.5 Å². The van der Waals surface area contributed by atoms with Crippen molar-refractivity contribution in [3.63, 3.8) is 0 Å². The molecular formula is C24H23N5O2S. The summed E-state index contributed by atoms with van der Waals surface area (Å²) in [6.45, 7) is 6.17. The third kappa shape index (κ3) is 3.89. The Bertz CT molecular complexity index is 1440. The molecule has 0 atom stereocenters. The summed E-state index contributed by atoms with van der Waals surface area (Å²) in [4.78, 5) is 23.4. The number of ketones is 1. The van der Waals surface area contributed by atoms with Crippen LogP contribution in [0.5, 0.6) is 0 Å². The van der Waals surface area contributed by atoms with Gasteiger partial charge in [0.1, 0.15) is 22.2 Å². The van der Waals surface area contributed by atoms with Crippen molar-refractivity contribution in [2.75, 3.05) is 5.73 Å². The van der Waals surface area contributed by atoms with Crippen molar-refractivity contribution in [3.8, 4) is 11.3 Å². The summed E-state index contributed by atoms with van der Waals surface area (Å²) in [7, 11) is 0. The molecule has 0 aliphatic heterocycles. The zero-order chi connectivity index (χ0) is 22.5. The number of carbonyl (C=O) groups is 1. The summed E-state index contributed by atoms with van der Waals surface area (Å²) < 4.78 is 7.41. The second-order valence-corrected chi connectivity index (χ2v) is 9.92. The number of anilines is 1. The minimum absolute atomic E-state index is 0.104. The molecule has 2 N–H and O–H groups in total. The molecule has 7 nitrogen and oxygen atoms in total. The summed E-state index contributed by atoms with van der Waals surface area (Å²) in [5, 5.41) is 4.04. The van der Waals surface area contributed by atoms with E-state index in [9.17, 15) is 4.79 Å². The molecule has 8 heteroatoms. The maximum atomic E-state index is 12.5. The molecule has 0 spiro atoms. The van der Waals surface area contributed by atoms with E-state index in [1.165, 1.54) is 11.3 Å². The number of rotatable bonds is 5. The number of Topliss-reactive ketones (excluding diaryl/α,β-unsaturated/α-hetero) is 1. The van der Waals surface area contributed by atoms with Gasteiger partial charge in [0.05, 0.1) is 23.3 Å². The number of pyridine rings is 1. The van der Waals surface area contributed by atoms with Gasteiger partial charge in [-0.2, -0.15) is 0 Å². The minimum atomic E-state index is -0.123. The lowest BCUT2D eigenvalue weighted by Crippen LogP contribution is -2.09. The van der Waals surface area contributed by atoms with Gasteiger partial charge in [-0.1, -0.05) is 61.5 Å². The van der Waals surface area contributed by atoms with Gasteiger partial charge in [-0.05, 0) is 17.7 Å². The fourth-order valence-corrected chi connectivity index (χ4v) is 4.56. The van der Waals surface area contributed by atoms with Crippen molar-refractivity contribution in [2.45, 2.75) is 39.0 Å². The molecule has 32 heavy (non-hydrogen) atoms. The van der Waals surface area contributed by atoms with Gasteiger partial charge in [-0.25, -0.2) is 9.97 Å². The molecule has 0 saturated carbocycles. The van der Waals surface area contributed by atoms with Crippen LogP contribution in [0.15, 0.2) is 53.2 Å². The molecule has 162 valence electrons. The minimum Gasteiger partial charge on any atom is -0.384 e. The van der Waals surface area contributed by atoms with Crippen LogP contribution in [0.2, 0.25) is 0 Å². The Balaban J connectivity index is 1.29. The SMILES string of the molecule is CC(C)(C)c1cc(CC(=O)Cc2ccc(-c3cn4c(n3)sc3nc(N)ccc34)cc2)no1. The van der Waals surface area contributed by atoms with E-state index in [-0.39, 0.29) is 17.6 Å². The van der Waals surface area contributed by atoms with E-state index < -0.39 is 0 Å². The highest BCUT2D eigenvalue weighted by Crippen LogP contribution is 2.29. The number of nitrogens with two attached hydrogens (primary N) is 1. The normalized spacial score (nSPS) is 12.1. The molecule has 0 amide bonds. The zero-order valence-electron chi connectivity index (χ0n) is 18.1. The van der Waals surface area contributed by atoms with E-state index in [1.807, 2.05) is 47.0 Å². The van der Waals surface area contributed by atoms with Crippen LogP contribution in [0.3, 0.4) is 0 Å². The van der Waals surface area contributed by atoms with Crippen molar-refractivity contribution in [3.05, 3.63) is 65.7 Å². The number of hydrogen-bond acceptors (Lipinski definition) is 7. The first-order valence-electron chi connectivity index (χ1n) is 10.4. The van der Waals surface area contributed by atoms with Crippen molar-refractivity contribution in [2.24, 2.45) is 0 Å². The van der Waals surface area contributed by atoms with Gasteiger partial charge in [0.2, 0.25) is 0 Å². The third-order valence-corrected chi connectivity index (χ3v) is 6.27. The largest absolute Gasteiger partial charge is 0.384 e. The van der Waals surface area contributed by atoms with Crippen LogP contribution in [0.1, 0.15) is 37.8 Å². The molecule has 0 saturated heterocycles. The van der Waals surface area contributed by atoms with E-state index in [0.29, 0.717) is 17.9 Å². The highest BCUT2D eigenvalue weighted by atomic mass is 32.1. The maximum Gasteiger partial charge on any atom is 0.196 e. The number of nitrogens with zero attached hydrogens (tertiary/aromatic N) is 4. The Morgan fingerprint density at radius 1 is 1.09 bits per heavy atom. The van der Waals surface area contributed by atoms with E-state index in [2.05, 4.69) is 30.9 Å². The van der Waals surface area contributed by atoms with Crippen LogP contribution in [0.4, 0.5) is 5.82 Å². The number of thiazole rings is 1. The topological polar surface area (TPSA) is 99.3 Å². The highest BCUT2D eigenvalue weighted by molar-refractivity contribution is 7.23. The first-order chi connectivity index (χ1) is 15.3. The summed E-state index contributed by atoms with van der Waals surface area (Å²) >= 11 is 1.51. The van der Waals surface area contributed by atoms with Crippen LogP contribution in [0, 0.1) is 0 Å². The molecule has 0 fully saturated rings. The molecule has 0 radical (unpaired) electrons. The molecular weight excluding hydrogens is 422 g/mol. The van der Waals surface area contributed by atoms with E-state index in [4.69, 9.17) is 15.2 Å². The molecule has 4 aromatic heterocycles. The predicted octanol–water partition coefficient (Wildman–Crippen LogP) is 4.83. The van der Waals surface area contributed by atoms with Crippen molar-refractivity contribution in [1.29, 1.82) is 0 Å². The van der Waals surface area contributed by atoms with Crippen LogP contribution in [-0.2, 0) is 23.1 Å². The second kappa shape index (κ2) is 7.56. The number of nitrogen functional groups attached to an aromatic ring is 1. The Morgan fingerprint density at radius 2 is 1.88 bits per heavy atom. The molecule has 5 rings (SSSR count). The summed E-state index contributed by atoms with van der Waals surface area (Å²) in [6, 6.07) is 13.6. The highest BCUT2D eigenvalue weighted by Gasteiger charge is 2.20. The first kappa shape index (κ1) is 20.4. The molecule has 4 heterocycles. The standard InChI is InChI=1S/C24H23N5O2S/c1-24(2,3)20-12-16(28-31-20)11-17(30)10-14-4-6-15(7-5-14)18-13-29-19-8-9-21(25)27-22(19)32-23(29)26-18/h4-9,12-13H,10-11H2,1-3H3,(H2,25,27). The smallest absolute Gasteiger partial charge is 0.196 e. The van der Waals surface area contributed by atoms with Crippen molar-refractivity contribution < 1.29 is 9.32 Å². The van der Waals surface area contributed by atoms with E-state index in [1.54, 1.807) is 6.07 Å². The number of carbonyl (C=O) groups excluding carboxylic acids is 1. The summed E-state index contributed by atoms with van der Waals surface area (Å²) in [5.74, 6) is 1.40. The number of benzene rings is 1. The average Bonchev–Trinajstić information content (AvgIpc) is 3.42. The van der Waals surface area contributed by atoms with Gasteiger partial charge in [-0.15, -0.1) is 0 Å². The Hall–Kier alpha value is -3.52. The van der Waals surface area contributed by atoms with E-state index >= 15 is 0 Å². The van der Waals surface area contributed by atoms with Gasteiger partial charge in [-0.3, -0.25) is 9.20 Å². The van der Waals surface area contributed by atoms with Gasteiger partial charge >= 0.3 is 0 Å². The predicted molar refractivity (Wildman–Crippen MR) is 126 cm³/mol. The quantitative estimate of drug-likeness (QED) is 0.416. The number of fused-ring (bicyclic) bond motifs is 3. The number of imidazole rings is 1. The summed E-state index contributed by atoms with van der Waals surface area (Å²) in [6.07, 6.45) is 2.63. The lowest BCUT2D eigenvalue weighted by atomic mass is 9.93. The molecule has 0 bridgehead atoms. The van der Waals surface area contributed by atoms with Crippen LogP contribution in [-0.4, -0.2) is 25.3 Å². The average molecular weight is 446 g/mol. The Labute approximate surface area is 188 Å². The molecule has 0 aliphatic rings. The van der Waals surface area contributed by atoms with Crippen molar-refractivity contribution >= 4 is 38.2 Å². The number of aromatic nitrogens is 4. The maximum absolute atomic E-state index is 12.5. The van der Waals surface area contributed by atoms with Gasteiger partial charge in [0.25, 0.3) is 0 Å². The zero-order valence-corrected chi connectivity index (χ0v) is 18.9. The van der Waals surface area contributed by atoms with Gasteiger partial charge in [0.15, 0.2) is 4.96 Å². The Kier molecular flexibility index (Phi) is 4.82. The fourth-order valence-electron chi connectivity index (χ4n) is 3.57. The lowest BCUT2D eigenvalue weighted by molar-refractivity contribution is -0.117. The molecule has 1 aromatic carbocycles. The van der Waals surface area contributed by atoms with E-state index in [0.717, 1.165) is 37.9 Å². The third-order valence-electron chi connectivity index (χ3n) is 5.31. The molecule has 0 unspecified atom stereocenters. The number of hydrogen-bond donors (Lipinski definition) is 1. The van der Waals surface area contributed by atoms with Gasteiger partial charge < -0.3 is 10.3 Å².